The molecule has 0 fully saturated rings. The van der Waals surface area contributed by atoms with Crippen molar-refractivity contribution in [3.8, 4) is 0 Å². The molecule has 20 heavy (non-hydrogen) atoms. The lowest BCUT2D eigenvalue weighted by atomic mass is 10.3. The first-order valence-electron chi connectivity index (χ1n) is 6.08. The number of nitrogens with zero attached hydrogens (tertiary/aromatic N) is 3. The van der Waals surface area contributed by atoms with Crippen LogP contribution in [0.25, 0.3) is 0 Å². The van der Waals surface area contributed by atoms with Crippen LogP contribution in [0, 0.1) is 6.92 Å². The zero-order chi connectivity index (χ0) is 14.7. The second kappa shape index (κ2) is 6.47. The Morgan fingerprint density at radius 3 is 2.95 bits per heavy atom. The van der Waals surface area contributed by atoms with Crippen LogP contribution >= 0.6 is 27.3 Å². The Bertz CT molecular complexity index is 655. The number of rotatable bonds is 5. The monoisotopic (exact) mass is 358 g/mol. The normalized spacial score (nSPS) is 12.4. The first-order valence-corrected chi connectivity index (χ1v) is 7.75. The quantitative estimate of drug-likeness (QED) is 0.853. The Morgan fingerprint density at radius 2 is 2.35 bits per heavy atom. The molecule has 0 aliphatic heterocycles. The molecule has 8 heteroatoms. The zero-order valence-electron chi connectivity index (χ0n) is 11.1. The highest BCUT2D eigenvalue weighted by Crippen LogP contribution is 2.25. The minimum absolute atomic E-state index is 0.0140. The molecule has 2 aromatic rings. The number of hydrogen-bond donors (Lipinski definition) is 2. The van der Waals surface area contributed by atoms with Crippen molar-refractivity contribution in [1.82, 2.24) is 14.8 Å². The van der Waals surface area contributed by atoms with E-state index >= 15 is 0 Å². The molecule has 0 aliphatic carbocycles. The van der Waals surface area contributed by atoms with Gasteiger partial charge in [-0.05, 0) is 29.8 Å². The first kappa shape index (κ1) is 15.1. The highest BCUT2D eigenvalue weighted by Gasteiger charge is 2.14. The molecule has 108 valence electrons. The van der Waals surface area contributed by atoms with Crippen LogP contribution in [0.15, 0.2) is 20.8 Å². The molecular formula is C12H15BrN4O2S. The number of hydrogen-bond acceptors (Lipinski definition) is 6. The molecule has 2 N–H and O–H groups in total. The van der Waals surface area contributed by atoms with Gasteiger partial charge in [-0.1, -0.05) is 0 Å². The average molecular weight is 359 g/mol. The van der Waals surface area contributed by atoms with E-state index in [1.807, 2.05) is 19.2 Å². The Kier molecular flexibility index (Phi) is 4.90. The maximum absolute atomic E-state index is 12.0. The van der Waals surface area contributed by atoms with Gasteiger partial charge in [0.25, 0.3) is 5.56 Å². The molecule has 0 bridgehead atoms. The molecule has 2 rings (SSSR count). The van der Waals surface area contributed by atoms with Gasteiger partial charge < -0.3 is 10.4 Å². The van der Waals surface area contributed by atoms with Gasteiger partial charge >= 0.3 is 0 Å². The molecule has 0 saturated carbocycles. The van der Waals surface area contributed by atoms with E-state index in [1.54, 1.807) is 17.5 Å². The summed E-state index contributed by atoms with van der Waals surface area (Å²) >= 11 is 4.85. The fraction of sp³-hybridized carbons (Fsp3) is 0.417. The highest BCUT2D eigenvalue weighted by molar-refractivity contribution is 9.10. The van der Waals surface area contributed by atoms with Gasteiger partial charge in [-0.15, -0.1) is 11.3 Å². The highest BCUT2D eigenvalue weighted by atomic mass is 79.9. The standard InChI is InChI=1S/C12H15BrN4O2S/c1-7-6-20-11(15-7)8(2)16-9-5-14-17(3-4-18)12(19)10(9)13/h5-6,8,16,18H,3-4H2,1-2H3. The van der Waals surface area contributed by atoms with Crippen LogP contribution in [0.5, 0.6) is 0 Å². The molecule has 0 aromatic carbocycles. The van der Waals surface area contributed by atoms with Gasteiger partial charge in [-0.3, -0.25) is 4.79 Å². The van der Waals surface area contributed by atoms with Crippen LogP contribution in [0.4, 0.5) is 5.69 Å². The van der Waals surface area contributed by atoms with E-state index in [0.29, 0.717) is 10.2 Å². The van der Waals surface area contributed by atoms with Gasteiger partial charge in [0.1, 0.15) is 9.48 Å². The summed E-state index contributed by atoms with van der Waals surface area (Å²) in [6.45, 7) is 3.98. The van der Waals surface area contributed by atoms with E-state index in [-0.39, 0.29) is 24.8 Å². The van der Waals surface area contributed by atoms with Crippen LogP contribution in [0.2, 0.25) is 0 Å². The number of aliphatic hydroxyl groups excluding tert-OH is 1. The molecule has 2 heterocycles. The summed E-state index contributed by atoms with van der Waals surface area (Å²) in [5, 5.41) is 19.0. The van der Waals surface area contributed by atoms with Crippen molar-refractivity contribution >= 4 is 33.0 Å². The number of thiazole rings is 1. The third-order valence-electron chi connectivity index (χ3n) is 2.68. The Hall–Kier alpha value is -1.25. The van der Waals surface area contributed by atoms with Crippen LogP contribution in [-0.2, 0) is 6.54 Å². The Morgan fingerprint density at radius 1 is 1.60 bits per heavy atom. The molecule has 1 atom stereocenters. The van der Waals surface area contributed by atoms with Crippen LogP contribution in [0.3, 0.4) is 0 Å². The molecule has 0 spiro atoms. The third-order valence-corrected chi connectivity index (χ3v) is 4.59. The number of nitrogens with one attached hydrogen (secondary N) is 1. The number of aromatic nitrogens is 3. The molecule has 6 nitrogen and oxygen atoms in total. The zero-order valence-corrected chi connectivity index (χ0v) is 13.5. The first-order chi connectivity index (χ1) is 9.52. The van der Waals surface area contributed by atoms with Gasteiger partial charge in [-0.25, -0.2) is 9.67 Å². The number of anilines is 1. The molecule has 0 radical (unpaired) electrons. The summed E-state index contributed by atoms with van der Waals surface area (Å²) in [5.41, 5.74) is 1.32. The topological polar surface area (TPSA) is 80.0 Å². The minimum atomic E-state index is -0.272. The van der Waals surface area contributed by atoms with E-state index in [2.05, 4.69) is 31.3 Å². The Balaban J connectivity index is 2.22. The smallest absolute Gasteiger partial charge is 0.283 e. The summed E-state index contributed by atoms with van der Waals surface area (Å²) in [5.74, 6) is 0. The fourth-order valence-electron chi connectivity index (χ4n) is 1.69. The van der Waals surface area contributed by atoms with E-state index < -0.39 is 0 Å². The Labute approximate surface area is 128 Å². The van der Waals surface area contributed by atoms with Gasteiger partial charge in [0.2, 0.25) is 0 Å². The number of aryl methyl sites for hydroxylation is 1. The van der Waals surface area contributed by atoms with Crippen molar-refractivity contribution in [3.05, 3.63) is 37.1 Å². The number of halogens is 1. The molecule has 0 amide bonds. The largest absolute Gasteiger partial charge is 0.394 e. The van der Waals surface area contributed by atoms with E-state index in [1.165, 1.54) is 4.68 Å². The van der Waals surface area contributed by atoms with Crippen LogP contribution in [-0.4, -0.2) is 26.5 Å². The van der Waals surface area contributed by atoms with Crippen LogP contribution in [0.1, 0.15) is 23.7 Å². The predicted molar refractivity (Wildman–Crippen MR) is 82.2 cm³/mol. The maximum atomic E-state index is 12.0. The lowest BCUT2D eigenvalue weighted by Gasteiger charge is -2.14. The number of aliphatic hydroxyl groups is 1. The average Bonchev–Trinajstić information content (AvgIpc) is 2.85. The van der Waals surface area contributed by atoms with Crippen molar-refractivity contribution < 1.29 is 5.11 Å². The van der Waals surface area contributed by atoms with Crippen molar-refractivity contribution in [2.45, 2.75) is 26.4 Å². The van der Waals surface area contributed by atoms with Crippen molar-refractivity contribution in [1.29, 1.82) is 0 Å². The molecule has 0 aliphatic rings. The minimum Gasteiger partial charge on any atom is -0.394 e. The SMILES string of the molecule is Cc1csc(C(C)Nc2cnn(CCO)c(=O)c2Br)n1. The van der Waals surface area contributed by atoms with Gasteiger partial charge in [0.15, 0.2) is 0 Å². The fourth-order valence-corrected chi connectivity index (χ4v) is 2.91. The molecule has 2 aromatic heterocycles. The third kappa shape index (κ3) is 3.25. The molecule has 1 unspecified atom stereocenters. The van der Waals surface area contributed by atoms with Crippen molar-refractivity contribution in [2.24, 2.45) is 0 Å². The maximum Gasteiger partial charge on any atom is 0.283 e. The summed E-state index contributed by atoms with van der Waals surface area (Å²) in [6, 6.07) is -0.0140. The van der Waals surface area contributed by atoms with E-state index in [9.17, 15) is 4.79 Å². The predicted octanol–water partition coefficient (Wildman–Crippen LogP) is 1.94. The van der Waals surface area contributed by atoms with Crippen molar-refractivity contribution in [2.75, 3.05) is 11.9 Å². The second-order valence-corrected chi connectivity index (χ2v) is 6.00. The van der Waals surface area contributed by atoms with Gasteiger partial charge in [0.05, 0.1) is 31.1 Å². The van der Waals surface area contributed by atoms with Gasteiger partial charge in [0, 0.05) is 11.1 Å². The lowest BCUT2D eigenvalue weighted by molar-refractivity contribution is 0.266. The van der Waals surface area contributed by atoms with E-state index in [4.69, 9.17) is 5.11 Å². The summed E-state index contributed by atoms with van der Waals surface area (Å²) in [7, 11) is 0. The van der Waals surface area contributed by atoms with E-state index in [0.717, 1.165) is 10.7 Å². The molecule has 0 saturated heterocycles. The van der Waals surface area contributed by atoms with Gasteiger partial charge in [-0.2, -0.15) is 5.10 Å². The summed E-state index contributed by atoms with van der Waals surface area (Å²) in [4.78, 5) is 16.4. The molecular weight excluding hydrogens is 344 g/mol. The van der Waals surface area contributed by atoms with Crippen molar-refractivity contribution in [3.63, 3.8) is 0 Å². The summed E-state index contributed by atoms with van der Waals surface area (Å²) in [6.07, 6.45) is 1.57. The second-order valence-electron chi connectivity index (χ2n) is 4.32. The summed E-state index contributed by atoms with van der Waals surface area (Å²) < 4.78 is 1.62. The van der Waals surface area contributed by atoms with Crippen LogP contribution < -0.4 is 10.9 Å². The lowest BCUT2D eigenvalue weighted by Crippen LogP contribution is -2.26.